The molecule has 0 bridgehead atoms. The number of thiophene rings is 1. The molecule has 0 spiro atoms. The summed E-state index contributed by atoms with van der Waals surface area (Å²) in [5.41, 5.74) is 0. The Morgan fingerprint density at radius 3 is 3.05 bits per heavy atom. The summed E-state index contributed by atoms with van der Waals surface area (Å²) in [5, 5.41) is 3.40. The predicted molar refractivity (Wildman–Crippen MR) is 82.4 cm³/mol. The minimum atomic E-state index is 0.270. The quantitative estimate of drug-likeness (QED) is 0.874. The zero-order valence-corrected chi connectivity index (χ0v) is 13.3. The predicted octanol–water partition coefficient (Wildman–Crippen LogP) is 2.64. The molecule has 2 heterocycles. The molecule has 1 fully saturated rings. The van der Waals surface area contributed by atoms with Gasteiger partial charge >= 0.3 is 0 Å². The van der Waals surface area contributed by atoms with Crippen LogP contribution in [0.2, 0.25) is 4.34 Å². The Morgan fingerprint density at radius 2 is 2.42 bits per heavy atom. The molecule has 1 N–H and O–H groups in total. The maximum atomic E-state index is 6.00. The molecule has 0 aromatic carbocycles. The first kappa shape index (κ1) is 15.3. The van der Waals surface area contributed by atoms with Crippen molar-refractivity contribution in [2.45, 2.75) is 31.9 Å². The van der Waals surface area contributed by atoms with E-state index in [9.17, 15) is 0 Å². The van der Waals surface area contributed by atoms with E-state index in [1.165, 1.54) is 17.8 Å². The van der Waals surface area contributed by atoms with Gasteiger partial charge in [0.1, 0.15) is 0 Å². The maximum Gasteiger partial charge on any atom is 0.0931 e. The van der Waals surface area contributed by atoms with Gasteiger partial charge in [0.05, 0.1) is 17.0 Å². The summed E-state index contributed by atoms with van der Waals surface area (Å²) in [6.07, 6.45) is 2.46. The van der Waals surface area contributed by atoms with Crippen molar-refractivity contribution in [2.75, 3.05) is 33.3 Å². The van der Waals surface area contributed by atoms with Gasteiger partial charge in [0.2, 0.25) is 0 Å². The van der Waals surface area contributed by atoms with Crippen LogP contribution in [0.4, 0.5) is 0 Å². The monoisotopic (exact) mass is 302 g/mol. The molecule has 1 aromatic heterocycles. The number of morpholine rings is 1. The van der Waals surface area contributed by atoms with Crippen LogP contribution in [0.3, 0.4) is 0 Å². The fraction of sp³-hybridized carbons (Fsp3) is 0.714. The molecule has 0 amide bonds. The van der Waals surface area contributed by atoms with Gasteiger partial charge in [-0.1, -0.05) is 18.5 Å². The van der Waals surface area contributed by atoms with Crippen LogP contribution < -0.4 is 5.32 Å². The van der Waals surface area contributed by atoms with Crippen LogP contribution in [0.1, 0.15) is 18.2 Å². The molecule has 2 rings (SSSR count). The largest absolute Gasteiger partial charge is 0.374 e. The number of halogens is 1. The van der Waals surface area contributed by atoms with Gasteiger partial charge in [0.25, 0.3) is 0 Å². The van der Waals surface area contributed by atoms with Gasteiger partial charge in [-0.25, -0.2) is 0 Å². The van der Waals surface area contributed by atoms with E-state index in [1.54, 1.807) is 11.3 Å². The third-order valence-electron chi connectivity index (χ3n) is 3.59. The standard InChI is InChI=1S/C14H23ClN2OS/c1-3-6-17-7-8-18-13(10-17)12(16-2)9-11-4-5-14(15)19-11/h4-5,12-13,16H,3,6-10H2,1-2H3. The molecule has 1 saturated heterocycles. The lowest BCUT2D eigenvalue weighted by atomic mass is 10.0. The van der Waals surface area contributed by atoms with Crippen LogP contribution in [0, 0.1) is 0 Å². The molecule has 108 valence electrons. The van der Waals surface area contributed by atoms with Gasteiger partial charge < -0.3 is 10.1 Å². The first-order valence-electron chi connectivity index (χ1n) is 6.98. The van der Waals surface area contributed by atoms with E-state index >= 15 is 0 Å². The smallest absolute Gasteiger partial charge is 0.0931 e. The molecular weight excluding hydrogens is 280 g/mol. The third-order valence-corrected chi connectivity index (χ3v) is 4.84. The highest BCUT2D eigenvalue weighted by Gasteiger charge is 2.27. The summed E-state index contributed by atoms with van der Waals surface area (Å²) >= 11 is 7.66. The van der Waals surface area contributed by atoms with Gasteiger partial charge in [0.15, 0.2) is 0 Å². The number of ether oxygens (including phenoxy) is 1. The molecule has 19 heavy (non-hydrogen) atoms. The van der Waals surface area contributed by atoms with E-state index in [4.69, 9.17) is 16.3 Å². The summed E-state index contributed by atoms with van der Waals surface area (Å²) in [6.45, 7) is 6.33. The Morgan fingerprint density at radius 1 is 1.58 bits per heavy atom. The molecule has 1 aliphatic rings. The number of hydrogen-bond donors (Lipinski definition) is 1. The minimum absolute atomic E-state index is 0.270. The van der Waals surface area contributed by atoms with Crippen LogP contribution in [-0.2, 0) is 11.2 Å². The Balaban J connectivity index is 1.92. The highest BCUT2D eigenvalue weighted by atomic mass is 35.5. The van der Waals surface area contributed by atoms with E-state index in [0.29, 0.717) is 6.04 Å². The number of nitrogens with zero attached hydrogens (tertiary/aromatic N) is 1. The summed E-state index contributed by atoms with van der Waals surface area (Å²) in [7, 11) is 2.02. The molecule has 2 unspecified atom stereocenters. The van der Waals surface area contributed by atoms with E-state index < -0.39 is 0 Å². The van der Waals surface area contributed by atoms with Gasteiger partial charge in [0, 0.05) is 24.0 Å². The van der Waals surface area contributed by atoms with Crippen LogP contribution in [0.15, 0.2) is 12.1 Å². The van der Waals surface area contributed by atoms with Crippen LogP contribution in [-0.4, -0.2) is 50.3 Å². The van der Waals surface area contributed by atoms with Crippen molar-refractivity contribution in [3.63, 3.8) is 0 Å². The summed E-state index contributed by atoms with van der Waals surface area (Å²) in [6, 6.07) is 4.44. The SMILES string of the molecule is CCCN1CCOC(C(Cc2ccc(Cl)s2)NC)C1. The van der Waals surface area contributed by atoms with E-state index in [0.717, 1.165) is 30.5 Å². The maximum absolute atomic E-state index is 6.00. The van der Waals surface area contributed by atoms with Crippen LogP contribution in [0.25, 0.3) is 0 Å². The molecular formula is C14H23ClN2OS. The van der Waals surface area contributed by atoms with E-state index in [2.05, 4.69) is 23.2 Å². The second kappa shape index (κ2) is 7.60. The van der Waals surface area contributed by atoms with Crippen LogP contribution >= 0.6 is 22.9 Å². The van der Waals surface area contributed by atoms with Gasteiger partial charge in [-0.2, -0.15) is 0 Å². The Labute approximate surface area is 124 Å². The Hall–Kier alpha value is -0.130. The first-order valence-corrected chi connectivity index (χ1v) is 8.17. The molecule has 1 aromatic rings. The number of rotatable bonds is 6. The molecule has 1 aliphatic heterocycles. The summed E-state index contributed by atoms with van der Waals surface area (Å²) in [4.78, 5) is 3.82. The van der Waals surface area contributed by atoms with Crippen molar-refractivity contribution >= 4 is 22.9 Å². The van der Waals surface area contributed by atoms with Crippen molar-refractivity contribution in [2.24, 2.45) is 0 Å². The Bertz CT molecular complexity index is 383. The van der Waals surface area contributed by atoms with Gasteiger partial charge in [-0.15, -0.1) is 11.3 Å². The highest BCUT2D eigenvalue weighted by molar-refractivity contribution is 7.16. The van der Waals surface area contributed by atoms with E-state index in [-0.39, 0.29) is 6.10 Å². The average molecular weight is 303 g/mol. The highest BCUT2D eigenvalue weighted by Crippen LogP contribution is 2.24. The lowest BCUT2D eigenvalue weighted by molar-refractivity contribution is -0.0449. The summed E-state index contributed by atoms with van der Waals surface area (Å²) < 4.78 is 6.82. The summed E-state index contributed by atoms with van der Waals surface area (Å²) in [5.74, 6) is 0. The van der Waals surface area contributed by atoms with Crippen molar-refractivity contribution in [3.05, 3.63) is 21.3 Å². The minimum Gasteiger partial charge on any atom is -0.374 e. The second-order valence-corrected chi connectivity index (χ2v) is 6.81. The molecule has 0 radical (unpaired) electrons. The second-order valence-electron chi connectivity index (χ2n) is 5.01. The third kappa shape index (κ3) is 4.43. The van der Waals surface area contributed by atoms with Crippen molar-refractivity contribution in [3.8, 4) is 0 Å². The fourth-order valence-corrected chi connectivity index (χ4v) is 3.74. The Kier molecular flexibility index (Phi) is 6.10. The lowest BCUT2D eigenvalue weighted by Crippen LogP contribution is -2.52. The lowest BCUT2D eigenvalue weighted by Gasteiger charge is -2.36. The molecule has 0 saturated carbocycles. The molecule has 0 aliphatic carbocycles. The zero-order valence-electron chi connectivity index (χ0n) is 11.7. The molecule has 5 heteroatoms. The first-order chi connectivity index (χ1) is 9.22. The number of hydrogen-bond acceptors (Lipinski definition) is 4. The van der Waals surface area contributed by atoms with E-state index in [1.807, 2.05) is 13.1 Å². The van der Waals surface area contributed by atoms with Gasteiger partial charge in [-0.05, 0) is 38.6 Å². The van der Waals surface area contributed by atoms with Crippen LogP contribution in [0.5, 0.6) is 0 Å². The zero-order chi connectivity index (χ0) is 13.7. The molecule has 3 nitrogen and oxygen atoms in total. The average Bonchev–Trinajstić information content (AvgIpc) is 2.82. The molecule has 2 atom stereocenters. The van der Waals surface area contributed by atoms with Crippen molar-refractivity contribution in [1.82, 2.24) is 10.2 Å². The number of nitrogens with one attached hydrogen (secondary N) is 1. The van der Waals surface area contributed by atoms with Crippen molar-refractivity contribution < 1.29 is 4.74 Å². The normalized spacial score (nSPS) is 22.6. The number of likely N-dealkylation sites (N-methyl/N-ethyl adjacent to an activating group) is 1. The van der Waals surface area contributed by atoms with Crippen molar-refractivity contribution in [1.29, 1.82) is 0 Å². The van der Waals surface area contributed by atoms with Gasteiger partial charge in [-0.3, -0.25) is 4.90 Å². The fourth-order valence-electron chi connectivity index (χ4n) is 2.59. The topological polar surface area (TPSA) is 24.5 Å².